The van der Waals surface area contributed by atoms with E-state index in [9.17, 15) is 9.59 Å². The van der Waals surface area contributed by atoms with E-state index in [1.165, 1.54) is 12.5 Å². The van der Waals surface area contributed by atoms with Crippen LogP contribution in [0.2, 0.25) is 0 Å². The number of hydrogen-bond donors (Lipinski definition) is 0. The van der Waals surface area contributed by atoms with Gasteiger partial charge in [-0.05, 0) is 42.0 Å². The number of ether oxygens (including phenoxy) is 1. The van der Waals surface area contributed by atoms with E-state index in [1.54, 1.807) is 12.1 Å². The molecule has 0 bridgehead atoms. The van der Waals surface area contributed by atoms with Gasteiger partial charge in [0.2, 0.25) is 0 Å². The molecule has 2 aliphatic rings. The monoisotopic (exact) mass is 292 g/mol. The second-order valence-electron chi connectivity index (χ2n) is 6.24. The second-order valence-corrected chi connectivity index (χ2v) is 6.24. The zero-order valence-electron chi connectivity index (χ0n) is 12.3. The minimum absolute atomic E-state index is 0.230. The zero-order valence-corrected chi connectivity index (χ0v) is 12.3. The summed E-state index contributed by atoms with van der Waals surface area (Å²) in [5.41, 5.74) is 2.98. The van der Waals surface area contributed by atoms with Crippen molar-refractivity contribution in [1.29, 1.82) is 0 Å². The van der Waals surface area contributed by atoms with Gasteiger partial charge < -0.3 is 4.74 Å². The van der Waals surface area contributed by atoms with E-state index in [1.807, 2.05) is 30.3 Å². The molecule has 0 radical (unpaired) electrons. The molecule has 0 N–H and O–H groups in total. The van der Waals surface area contributed by atoms with E-state index >= 15 is 0 Å². The molecule has 0 amide bonds. The minimum atomic E-state index is -0.322. The Morgan fingerprint density at radius 3 is 2.55 bits per heavy atom. The molecular formula is C19H16O3. The van der Waals surface area contributed by atoms with Crippen molar-refractivity contribution in [3.63, 3.8) is 0 Å². The highest BCUT2D eigenvalue weighted by molar-refractivity contribution is 6.07. The van der Waals surface area contributed by atoms with Crippen LogP contribution in [0.3, 0.4) is 0 Å². The van der Waals surface area contributed by atoms with Crippen LogP contribution in [0, 0.1) is 5.41 Å². The molecule has 2 aromatic carbocycles. The van der Waals surface area contributed by atoms with Crippen molar-refractivity contribution in [2.75, 3.05) is 0 Å². The summed E-state index contributed by atoms with van der Waals surface area (Å²) in [6.45, 7) is 1.39. The summed E-state index contributed by atoms with van der Waals surface area (Å²) in [5.74, 6) is 0.792. The molecule has 110 valence electrons. The van der Waals surface area contributed by atoms with Gasteiger partial charge in [-0.3, -0.25) is 9.59 Å². The maximum atomic E-state index is 12.7. The Bertz CT molecular complexity index is 776. The SMILES string of the molecule is CC(=O)Oc1ccc([C@H]2C[C@]23Cc2ccccc2C3=O)cc1. The van der Waals surface area contributed by atoms with Crippen LogP contribution in [0.5, 0.6) is 5.75 Å². The second kappa shape index (κ2) is 4.54. The van der Waals surface area contributed by atoms with E-state index in [4.69, 9.17) is 4.74 Å². The highest BCUT2D eigenvalue weighted by atomic mass is 16.5. The predicted octanol–water partition coefficient (Wildman–Crippen LogP) is 3.52. The van der Waals surface area contributed by atoms with Crippen molar-refractivity contribution in [2.24, 2.45) is 5.41 Å². The maximum absolute atomic E-state index is 12.7. The predicted molar refractivity (Wildman–Crippen MR) is 82.0 cm³/mol. The first-order valence-electron chi connectivity index (χ1n) is 7.51. The Balaban J connectivity index is 1.58. The summed E-state index contributed by atoms with van der Waals surface area (Å²) < 4.78 is 5.05. The molecule has 0 unspecified atom stereocenters. The Kier molecular flexibility index (Phi) is 2.73. The fraction of sp³-hybridized carbons (Fsp3) is 0.263. The zero-order chi connectivity index (χ0) is 15.3. The third kappa shape index (κ3) is 1.89. The Hall–Kier alpha value is -2.42. The van der Waals surface area contributed by atoms with Crippen LogP contribution in [0.15, 0.2) is 48.5 Å². The minimum Gasteiger partial charge on any atom is -0.427 e. The first-order chi connectivity index (χ1) is 10.6. The third-order valence-corrected chi connectivity index (χ3v) is 4.84. The molecule has 1 fully saturated rings. The van der Waals surface area contributed by atoms with Gasteiger partial charge in [0.25, 0.3) is 0 Å². The summed E-state index contributed by atoms with van der Waals surface area (Å²) in [7, 11) is 0. The lowest BCUT2D eigenvalue weighted by Crippen LogP contribution is -2.12. The van der Waals surface area contributed by atoms with Crippen molar-refractivity contribution >= 4 is 11.8 Å². The quantitative estimate of drug-likeness (QED) is 0.628. The van der Waals surface area contributed by atoms with E-state index in [0.29, 0.717) is 5.75 Å². The van der Waals surface area contributed by atoms with Gasteiger partial charge in [0.1, 0.15) is 5.75 Å². The Labute approximate surface area is 128 Å². The molecule has 3 nitrogen and oxygen atoms in total. The highest BCUT2D eigenvalue weighted by Crippen LogP contribution is 2.65. The van der Waals surface area contributed by atoms with Crippen LogP contribution in [0.25, 0.3) is 0 Å². The van der Waals surface area contributed by atoms with Crippen molar-refractivity contribution < 1.29 is 14.3 Å². The smallest absolute Gasteiger partial charge is 0.308 e. The fourth-order valence-corrected chi connectivity index (χ4v) is 3.71. The van der Waals surface area contributed by atoms with Crippen LogP contribution in [-0.2, 0) is 11.2 Å². The number of ketones is 1. The number of benzene rings is 2. The number of esters is 1. The third-order valence-electron chi connectivity index (χ3n) is 4.84. The average Bonchev–Trinajstić information content (AvgIpc) is 3.15. The molecular weight excluding hydrogens is 276 g/mol. The highest BCUT2D eigenvalue weighted by Gasteiger charge is 2.63. The molecule has 1 saturated carbocycles. The van der Waals surface area contributed by atoms with Gasteiger partial charge in [0, 0.05) is 17.9 Å². The summed E-state index contributed by atoms with van der Waals surface area (Å²) in [4.78, 5) is 23.7. The molecule has 0 aliphatic heterocycles. The molecule has 0 heterocycles. The summed E-state index contributed by atoms with van der Waals surface area (Å²) >= 11 is 0. The summed E-state index contributed by atoms with van der Waals surface area (Å²) in [6.07, 6.45) is 1.76. The standard InChI is InChI=1S/C19H16O3/c1-12(20)22-15-8-6-13(7-9-15)17-11-19(17)10-14-4-2-3-5-16(14)18(19)21/h2-9,17H,10-11H2,1H3/t17-,19-/m1/s1. The van der Waals surface area contributed by atoms with Crippen LogP contribution in [0.1, 0.15) is 40.7 Å². The largest absolute Gasteiger partial charge is 0.427 e. The molecule has 2 aliphatic carbocycles. The lowest BCUT2D eigenvalue weighted by atomic mass is 9.95. The normalized spacial score (nSPS) is 25.1. The van der Waals surface area contributed by atoms with Gasteiger partial charge in [-0.2, -0.15) is 0 Å². The summed E-state index contributed by atoms with van der Waals surface area (Å²) in [6, 6.07) is 15.5. The molecule has 2 aromatic rings. The lowest BCUT2D eigenvalue weighted by molar-refractivity contribution is -0.131. The molecule has 4 rings (SSSR count). The number of carbonyl (C=O) groups excluding carboxylic acids is 2. The molecule has 0 aromatic heterocycles. The topological polar surface area (TPSA) is 43.4 Å². The van der Waals surface area contributed by atoms with Gasteiger partial charge in [0.15, 0.2) is 5.78 Å². The van der Waals surface area contributed by atoms with Crippen LogP contribution >= 0.6 is 0 Å². The fourth-order valence-electron chi connectivity index (χ4n) is 3.71. The van der Waals surface area contributed by atoms with Crippen molar-refractivity contribution in [2.45, 2.75) is 25.7 Å². The van der Waals surface area contributed by atoms with Crippen LogP contribution in [-0.4, -0.2) is 11.8 Å². The molecule has 22 heavy (non-hydrogen) atoms. The van der Waals surface area contributed by atoms with Crippen LogP contribution in [0.4, 0.5) is 0 Å². The lowest BCUT2D eigenvalue weighted by Gasteiger charge is -2.08. The first kappa shape index (κ1) is 13.3. The number of fused-ring (bicyclic) bond motifs is 1. The van der Waals surface area contributed by atoms with E-state index in [0.717, 1.165) is 24.0 Å². The molecule has 3 heteroatoms. The van der Waals surface area contributed by atoms with Crippen molar-refractivity contribution in [3.05, 3.63) is 65.2 Å². The summed E-state index contributed by atoms with van der Waals surface area (Å²) in [5, 5.41) is 0. The van der Waals surface area contributed by atoms with Crippen molar-refractivity contribution in [3.8, 4) is 5.75 Å². The number of hydrogen-bond acceptors (Lipinski definition) is 3. The van der Waals surface area contributed by atoms with Gasteiger partial charge in [-0.1, -0.05) is 36.4 Å². The number of carbonyl (C=O) groups is 2. The van der Waals surface area contributed by atoms with Gasteiger partial charge >= 0.3 is 5.97 Å². The first-order valence-corrected chi connectivity index (χ1v) is 7.51. The number of rotatable bonds is 2. The van der Waals surface area contributed by atoms with E-state index in [2.05, 4.69) is 6.07 Å². The van der Waals surface area contributed by atoms with E-state index in [-0.39, 0.29) is 23.1 Å². The number of Topliss-reactive ketones (excluding diaryl/α,β-unsaturated/α-hetero) is 1. The van der Waals surface area contributed by atoms with Crippen molar-refractivity contribution in [1.82, 2.24) is 0 Å². The van der Waals surface area contributed by atoms with Crippen LogP contribution < -0.4 is 4.74 Å². The van der Waals surface area contributed by atoms with E-state index < -0.39 is 0 Å². The van der Waals surface area contributed by atoms with Gasteiger partial charge in [-0.25, -0.2) is 0 Å². The molecule has 0 saturated heterocycles. The molecule has 2 atom stereocenters. The van der Waals surface area contributed by atoms with Gasteiger partial charge in [0.05, 0.1) is 0 Å². The molecule has 1 spiro atoms. The maximum Gasteiger partial charge on any atom is 0.308 e. The van der Waals surface area contributed by atoms with Gasteiger partial charge in [-0.15, -0.1) is 0 Å². The Morgan fingerprint density at radius 1 is 1.14 bits per heavy atom. The Morgan fingerprint density at radius 2 is 1.86 bits per heavy atom. The average molecular weight is 292 g/mol.